The van der Waals surface area contributed by atoms with Gasteiger partial charge >= 0.3 is 0 Å². The highest BCUT2D eigenvalue weighted by atomic mass is 32.2. The highest BCUT2D eigenvalue weighted by Crippen LogP contribution is 2.23. The van der Waals surface area contributed by atoms with Gasteiger partial charge in [-0.2, -0.15) is 4.98 Å². The van der Waals surface area contributed by atoms with Gasteiger partial charge in [-0.1, -0.05) is 29.1 Å². The SMILES string of the molecule is Cn1cnnc1SCc1nc(-c2cccc([N+](=O)[O-])c2)no1. The van der Waals surface area contributed by atoms with E-state index in [4.69, 9.17) is 4.52 Å². The van der Waals surface area contributed by atoms with Crippen molar-refractivity contribution >= 4 is 17.4 Å². The topological polar surface area (TPSA) is 113 Å². The second-order valence-corrected chi connectivity index (χ2v) is 5.27. The molecule has 2 aromatic heterocycles. The van der Waals surface area contributed by atoms with Crippen molar-refractivity contribution in [3.8, 4) is 11.4 Å². The van der Waals surface area contributed by atoms with Gasteiger partial charge in [0.05, 0.1) is 10.7 Å². The van der Waals surface area contributed by atoms with E-state index in [1.807, 2.05) is 7.05 Å². The van der Waals surface area contributed by atoms with Crippen LogP contribution in [-0.4, -0.2) is 29.8 Å². The average Bonchev–Trinajstić information content (AvgIpc) is 3.14. The third-order valence-electron chi connectivity index (χ3n) is 2.78. The van der Waals surface area contributed by atoms with Crippen LogP contribution in [0.5, 0.6) is 0 Å². The average molecular weight is 318 g/mol. The number of nitrogens with zero attached hydrogens (tertiary/aromatic N) is 6. The maximum atomic E-state index is 10.8. The summed E-state index contributed by atoms with van der Waals surface area (Å²) in [7, 11) is 1.84. The van der Waals surface area contributed by atoms with Crippen LogP contribution in [0.2, 0.25) is 0 Å². The third kappa shape index (κ3) is 2.96. The van der Waals surface area contributed by atoms with Crippen LogP contribution in [0.1, 0.15) is 5.89 Å². The minimum absolute atomic E-state index is 0.0164. The van der Waals surface area contributed by atoms with Gasteiger partial charge in [-0.3, -0.25) is 10.1 Å². The van der Waals surface area contributed by atoms with Crippen LogP contribution < -0.4 is 0 Å². The molecule has 0 atom stereocenters. The number of nitro groups is 1. The Balaban J connectivity index is 1.75. The number of non-ortho nitro benzene ring substituents is 1. The molecular formula is C12H10N6O3S. The molecule has 3 aromatic rings. The molecule has 112 valence electrons. The number of nitro benzene ring substituents is 1. The number of hydrogen-bond donors (Lipinski definition) is 0. The molecule has 0 radical (unpaired) electrons. The summed E-state index contributed by atoms with van der Waals surface area (Å²) < 4.78 is 6.93. The summed E-state index contributed by atoms with van der Waals surface area (Å²) in [5, 5.41) is 23.1. The molecule has 0 fully saturated rings. The van der Waals surface area contributed by atoms with Gasteiger partial charge in [-0.05, 0) is 0 Å². The van der Waals surface area contributed by atoms with Gasteiger partial charge in [-0.25, -0.2) is 0 Å². The lowest BCUT2D eigenvalue weighted by Gasteiger charge is -1.96. The molecule has 0 aliphatic heterocycles. The van der Waals surface area contributed by atoms with E-state index >= 15 is 0 Å². The lowest BCUT2D eigenvalue weighted by Crippen LogP contribution is -1.90. The first kappa shape index (κ1) is 14.2. The molecule has 0 saturated heterocycles. The second-order valence-electron chi connectivity index (χ2n) is 4.33. The molecule has 0 amide bonds. The molecule has 2 heterocycles. The van der Waals surface area contributed by atoms with E-state index in [0.29, 0.717) is 23.0 Å². The molecule has 3 rings (SSSR count). The number of aromatic nitrogens is 5. The zero-order valence-corrected chi connectivity index (χ0v) is 12.2. The van der Waals surface area contributed by atoms with Gasteiger partial charge in [0, 0.05) is 24.7 Å². The largest absolute Gasteiger partial charge is 0.338 e. The molecule has 0 unspecified atom stereocenters. The molecular weight excluding hydrogens is 308 g/mol. The fourth-order valence-corrected chi connectivity index (χ4v) is 2.44. The van der Waals surface area contributed by atoms with E-state index in [1.54, 1.807) is 23.0 Å². The molecule has 10 heteroatoms. The predicted octanol–water partition coefficient (Wildman–Crippen LogP) is 2.07. The summed E-state index contributed by atoms with van der Waals surface area (Å²) in [6.45, 7) is 0. The first-order chi connectivity index (χ1) is 10.6. The second kappa shape index (κ2) is 5.93. The van der Waals surface area contributed by atoms with Crippen LogP contribution >= 0.6 is 11.8 Å². The molecule has 22 heavy (non-hydrogen) atoms. The van der Waals surface area contributed by atoms with Crippen LogP contribution in [0.3, 0.4) is 0 Å². The minimum atomic E-state index is -0.464. The van der Waals surface area contributed by atoms with Crippen LogP contribution in [0, 0.1) is 10.1 Å². The maximum absolute atomic E-state index is 10.8. The first-order valence-electron chi connectivity index (χ1n) is 6.17. The fraction of sp³-hybridized carbons (Fsp3) is 0.167. The molecule has 0 spiro atoms. The summed E-state index contributed by atoms with van der Waals surface area (Å²) >= 11 is 1.41. The normalized spacial score (nSPS) is 10.8. The highest BCUT2D eigenvalue weighted by molar-refractivity contribution is 7.98. The van der Waals surface area contributed by atoms with Crippen molar-refractivity contribution in [1.29, 1.82) is 0 Å². The Kier molecular flexibility index (Phi) is 3.83. The summed E-state index contributed by atoms with van der Waals surface area (Å²) in [6, 6.07) is 6.09. The van der Waals surface area contributed by atoms with Crippen LogP contribution in [0.15, 0.2) is 40.3 Å². The fourth-order valence-electron chi connectivity index (χ4n) is 1.72. The summed E-state index contributed by atoms with van der Waals surface area (Å²) in [4.78, 5) is 14.5. The monoisotopic (exact) mass is 318 g/mol. The van der Waals surface area contributed by atoms with Gasteiger partial charge in [0.2, 0.25) is 11.7 Å². The van der Waals surface area contributed by atoms with Crippen molar-refractivity contribution < 1.29 is 9.45 Å². The Morgan fingerprint density at radius 1 is 1.45 bits per heavy atom. The maximum Gasteiger partial charge on any atom is 0.270 e. The van der Waals surface area contributed by atoms with Crippen molar-refractivity contribution in [3.05, 3.63) is 46.6 Å². The number of aryl methyl sites for hydroxylation is 1. The van der Waals surface area contributed by atoms with Crippen molar-refractivity contribution in [3.63, 3.8) is 0 Å². The summed E-state index contributed by atoms with van der Waals surface area (Å²) in [5.74, 6) is 1.17. The van der Waals surface area contributed by atoms with Gasteiger partial charge in [0.1, 0.15) is 6.33 Å². The predicted molar refractivity (Wildman–Crippen MR) is 77.0 cm³/mol. The Hall–Kier alpha value is -2.75. The first-order valence-corrected chi connectivity index (χ1v) is 7.16. The Morgan fingerprint density at radius 2 is 2.32 bits per heavy atom. The van der Waals surface area contributed by atoms with Gasteiger partial charge in [0.25, 0.3) is 5.69 Å². The van der Waals surface area contributed by atoms with E-state index in [0.717, 1.165) is 5.16 Å². The van der Waals surface area contributed by atoms with E-state index in [9.17, 15) is 10.1 Å². The number of benzene rings is 1. The van der Waals surface area contributed by atoms with E-state index in [1.165, 1.54) is 23.9 Å². The van der Waals surface area contributed by atoms with Gasteiger partial charge in [-0.15, -0.1) is 10.2 Å². The van der Waals surface area contributed by atoms with E-state index < -0.39 is 4.92 Å². The van der Waals surface area contributed by atoms with Crippen LogP contribution in [-0.2, 0) is 12.8 Å². The quantitative estimate of drug-likeness (QED) is 0.399. The zero-order chi connectivity index (χ0) is 15.5. The number of hydrogen-bond acceptors (Lipinski definition) is 8. The smallest absolute Gasteiger partial charge is 0.270 e. The van der Waals surface area contributed by atoms with Crippen molar-refractivity contribution in [2.75, 3.05) is 0 Å². The highest BCUT2D eigenvalue weighted by Gasteiger charge is 2.13. The zero-order valence-electron chi connectivity index (χ0n) is 11.4. The van der Waals surface area contributed by atoms with E-state index in [2.05, 4.69) is 20.3 Å². The Labute approximate surface area is 128 Å². The van der Waals surface area contributed by atoms with Crippen molar-refractivity contribution in [2.24, 2.45) is 7.05 Å². The minimum Gasteiger partial charge on any atom is -0.338 e. The van der Waals surface area contributed by atoms with E-state index in [-0.39, 0.29) is 5.69 Å². The van der Waals surface area contributed by atoms with Crippen LogP contribution in [0.4, 0.5) is 5.69 Å². The Morgan fingerprint density at radius 3 is 3.05 bits per heavy atom. The Bertz CT molecular complexity index is 815. The molecule has 0 aliphatic carbocycles. The van der Waals surface area contributed by atoms with Gasteiger partial charge in [0.15, 0.2) is 5.16 Å². The molecule has 1 aromatic carbocycles. The molecule has 0 bridgehead atoms. The van der Waals surface area contributed by atoms with Crippen molar-refractivity contribution in [2.45, 2.75) is 10.9 Å². The van der Waals surface area contributed by atoms with Gasteiger partial charge < -0.3 is 9.09 Å². The van der Waals surface area contributed by atoms with Crippen molar-refractivity contribution in [1.82, 2.24) is 24.9 Å². The molecule has 0 aliphatic rings. The third-order valence-corrected chi connectivity index (χ3v) is 3.80. The standard InChI is InChI=1S/C12H10N6O3S/c1-17-7-13-15-12(17)22-6-10-14-11(16-21-10)8-3-2-4-9(5-8)18(19)20/h2-5,7H,6H2,1H3. The lowest BCUT2D eigenvalue weighted by atomic mass is 10.2. The number of thioether (sulfide) groups is 1. The molecule has 0 saturated carbocycles. The summed E-state index contributed by atoms with van der Waals surface area (Å²) in [5.41, 5.74) is 0.519. The summed E-state index contributed by atoms with van der Waals surface area (Å²) in [6.07, 6.45) is 1.60. The molecule has 9 nitrogen and oxygen atoms in total. The lowest BCUT2D eigenvalue weighted by molar-refractivity contribution is -0.384. The molecule has 0 N–H and O–H groups in total. The number of rotatable bonds is 5. The van der Waals surface area contributed by atoms with Crippen LogP contribution in [0.25, 0.3) is 11.4 Å².